The molecule has 0 aliphatic heterocycles. The average Bonchev–Trinajstić information content (AvgIpc) is 2.94. The maximum atomic E-state index is 11.6. The number of nitrogens with two attached hydrogens (primary N) is 1. The molecule has 6 nitrogen and oxygen atoms in total. The van der Waals surface area contributed by atoms with E-state index in [1.165, 1.54) is 12.8 Å². The number of hydrogen-bond acceptors (Lipinski definition) is 4. The highest BCUT2D eigenvalue weighted by molar-refractivity contribution is 6.32. The first kappa shape index (κ1) is 16.4. The third-order valence-electron chi connectivity index (χ3n) is 3.55. The van der Waals surface area contributed by atoms with Gasteiger partial charge in [-0.15, -0.1) is 0 Å². The van der Waals surface area contributed by atoms with Gasteiger partial charge in [-0.3, -0.25) is 10.1 Å². The molecule has 22 heavy (non-hydrogen) atoms. The molecular weight excluding hydrogens is 306 g/mol. The monoisotopic (exact) mass is 325 g/mol. The first-order chi connectivity index (χ1) is 10.5. The van der Waals surface area contributed by atoms with E-state index in [0.717, 1.165) is 12.8 Å². The van der Waals surface area contributed by atoms with E-state index in [2.05, 4.69) is 5.32 Å². The summed E-state index contributed by atoms with van der Waals surface area (Å²) in [7, 11) is 0. The van der Waals surface area contributed by atoms with Crippen LogP contribution >= 0.6 is 11.6 Å². The molecule has 1 aliphatic rings. The van der Waals surface area contributed by atoms with Gasteiger partial charge in [0.05, 0.1) is 11.1 Å². The van der Waals surface area contributed by atoms with Crippen molar-refractivity contribution in [3.8, 4) is 5.75 Å². The van der Waals surface area contributed by atoms with Gasteiger partial charge in [0.2, 0.25) is 5.91 Å². The number of imide groups is 1. The molecule has 0 bridgehead atoms. The Labute approximate surface area is 134 Å². The van der Waals surface area contributed by atoms with E-state index in [1.807, 2.05) is 5.32 Å². The van der Waals surface area contributed by atoms with Crippen molar-refractivity contribution in [1.29, 1.82) is 0 Å². The molecule has 0 aromatic heterocycles. The van der Waals surface area contributed by atoms with Gasteiger partial charge in [-0.25, -0.2) is 4.79 Å². The molecule has 0 spiro atoms. The van der Waals surface area contributed by atoms with Crippen LogP contribution in [0.5, 0.6) is 5.75 Å². The lowest BCUT2D eigenvalue weighted by Crippen LogP contribution is -2.43. The summed E-state index contributed by atoms with van der Waals surface area (Å²) in [4.78, 5) is 22.3. The number of ether oxygens (including phenoxy) is 1. The topological polar surface area (TPSA) is 93.4 Å². The van der Waals surface area contributed by atoms with Crippen molar-refractivity contribution < 1.29 is 14.3 Å². The summed E-state index contributed by atoms with van der Waals surface area (Å²) >= 11 is 6.22. The van der Waals surface area contributed by atoms with E-state index < -0.39 is 18.0 Å². The van der Waals surface area contributed by atoms with Crippen LogP contribution < -0.4 is 21.1 Å². The summed E-state index contributed by atoms with van der Waals surface area (Å²) in [6, 6.07) is 3.76. The second-order valence-corrected chi connectivity index (χ2v) is 5.80. The summed E-state index contributed by atoms with van der Waals surface area (Å²) in [6.07, 6.45) is 4.72. The van der Waals surface area contributed by atoms with Gasteiger partial charge in [0.1, 0.15) is 11.8 Å². The van der Waals surface area contributed by atoms with Crippen LogP contribution in [0, 0.1) is 0 Å². The minimum atomic E-state index is -0.878. The summed E-state index contributed by atoms with van der Waals surface area (Å²) in [6.45, 7) is 1.62. The Hall–Kier alpha value is -1.95. The molecule has 1 aromatic carbocycles. The summed E-state index contributed by atoms with van der Waals surface area (Å²) < 4.78 is 5.87. The van der Waals surface area contributed by atoms with Gasteiger partial charge >= 0.3 is 6.03 Å². The van der Waals surface area contributed by atoms with Crippen LogP contribution in [-0.4, -0.2) is 24.1 Å². The van der Waals surface area contributed by atoms with E-state index in [-0.39, 0.29) is 6.10 Å². The van der Waals surface area contributed by atoms with Crippen molar-refractivity contribution in [2.24, 2.45) is 5.73 Å². The van der Waals surface area contributed by atoms with Gasteiger partial charge in [0.15, 0.2) is 0 Å². The highest BCUT2D eigenvalue weighted by atomic mass is 35.5. The van der Waals surface area contributed by atoms with E-state index in [9.17, 15) is 9.59 Å². The number of nitrogens with one attached hydrogen (secondary N) is 2. The minimum Gasteiger partial charge on any atom is -0.489 e. The van der Waals surface area contributed by atoms with Gasteiger partial charge < -0.3 is 15.8 Å². The summed E-state index contributed by atoms with van der Waals surface area (Å²) in [5.41, 5.74) is 5.57. The first-order valence-corrected chi connectivity index (χ1v) is 7.66. The number of benzene rings is 1. The van der Waals surface area contributed by atoms with Gasteiger partial charge in [0, 0.05) is 5.69 Å². The highest BCUT2D eigenvalue weighted by Gasteiger charge is 2.18. The smallest absolute Gasteiger partial charge is 0.318 e. The predicted octanol–water partition coefficient (Wildman–Crippen LogP) is 2.66. The van der Waals surface area contributed by atoms with E-state index in [4.69, 9.17) is 22.1 Å². The quantitative estimate of drug-likeness (QED) is 0.775. The number of carbonyl (C=O) groups excluding carboxylic acids is 2. The van der Waals surface area contributed by atoms with Gasteiger partial charge in [-0.2, -0.15) is 0 Å². The van der Waals surface area contributed by atoms with E-state index in [0.29, 0.717) is 16.5 Å². The van der Waals surface area contributed by atoms with Crippen LogP contribution in [0.1, 0.15) is 32.6 Å². The van der Waals surface area contributed by atoms with Crippen molar-refractivity contribution in [3.05, 3.63) is 23.2 Å². The molecular formula is C15H20ClN3O3. The van der Waals surface area contributed by atoms with Crippen molar-refractivity contribution in [3.63, 3.8) is 0 Å². The molecule has 7 heteroatoms. The van der Waals surface area contributed by atoms with Gasteiger partial charge in [-0.05, 0) is 50.8 Å². The molecule has 1 fully saturated rings. The van der Waals surface area contributed by atoms with Crippen LogP contribution in [0.25, 0.3) is 0 Å². The second-order valence-electron chi connectivity index (χ2n) is 5.39. The van der Waals surface area contributed by atoms with Crippen molar-refractivity contribution in [1.82, 2.24) is 5.32 Å². The summed E-state index contributed by atoms with van der Waals surface area (Å²) in [5.74, 6) is 0.142. The minimum absolute atomic E-state index is 0.233. The number of halogens is 1. The number of amides is 3. The Morgan fingerprint density at radius 3 is 2.64 bits per heavy atom. The maximum Gasteiger partial charge on any atom is 0.318 e. The van der Waals surface area contributed by atoms with Crippen LogP contribution in [0.15, 0.2) is 18.2 Å². The Morgan fingerprint density at radius 2 is 2.05 bits per heavy atom. The Bertz CT molecular complexity index is 559. The van der Waals surface area contributed by atoms with Crippen LogP contribution in [0.4, 0.5) is 10.5 Å². The number of hydrogen-bond donors (Lipinski definition) is 3. The zero-order valence-electron chi connectivity index (χ0n) is 12.4. The molecule has 2 rings (SSSR count). The first-order valence-electron chi connectivity index (χ1n) is 7.28. The van der Waals surface area contributed by atoms with Gasteiger partial charge in [0.25, 0.3) is 0 Å². The molecule has 0 heterocycles. The third-order valence-corrected chi connectivity index (χ3v) is 3.85. The Morgan fingerprint density at radius 1 is 1.36 bits per heavy atom. The summed E-state index contributed by atoms with van der Waals surface area (Å²) in [5, 5.41) is 5.45. The molecule has 1 aromatic rings. The molecule has 0 radical (unpaired) electrons. The predicted molar refractivity (Wildman–Crippen MR) is 85.1 cm³/mol. The van der Waals surface area contributed by atoms with Crippen LogP contribution in [0.2, 0.25) is 5.02 Å². The zero-order chi connectivity index (χ0) is 16.1. The molecule has 0 saturated heterocycles. The van der Waals surface area contributed by atoms with Crippen molar-refractivity contribution >= 4 is 29.2 Å². The van der Waals surface area contributed by atoms with Crippen LogP contribution in [0.3, 0.4) is 0 Å². The number of urea groups is 1. The molecule has 1 atom stereocenters. The average molecular weight is 326 g/mol. The van der Waals surface area contributed by atoms with Crippen molar-refractivity contribution in [2.75, 3.05) is 5.32 Å². The Balaban J connectivity index is 1.96. The molecule has 3 amide bonds. The number of anilines is 1. The fourth-order valence-corrected chi connectivity index (χ4v) is 2.64. The Kier molecular flexibility index (Phi) is 5.49. The van der Waals surface area contributed by atoms with E-state index >= 15 is 0 Å². The lowest BCUT2D eigenvalue weighted by atomic mass is 10.2. The van der Waals surface area contributed by atoms with Crippen LogP contribution in [-0.2, 0) is 4.79 Å². The lowest BCUT2D eigenvalue weighted by Gasteiger charge is -2.17. The zero-order valence-corrected chi connectivity index (χ0v) is 13.2. The van der Waals surface area contributed by atoms with Gasteiger partial charge in [-0.1, -0.05) is 11.6 Å². The molecule has 1 saturated carbocycles. The fraction of sp³-hybridized carbons (Fsp3) is 0.467. The molecule has 4 N–H and O–H groups in total. The molecule has 0 unspecified atom stereocenters. The fourth-order valence-electron chi connectivity index (χ4n) is 2.42. The number of rotatable bonds is 5. The van der Waals surface area contributed by atoms with E-state index in [1.54, 1.807) is 25.1 Å². The third kappa shape index (κ3) is 4.53. The molecule has 120 valence electrons. The standard InChI is InChI=1S/C15H20ClN3O3/c1-9(14(20)19-15(17)21)18-10-6-7-13(12(16)8-10)22-11-4-2-3-5-11/h6-9,11,18H,2-5H2,1H3,(H3,17,19,20,21)/t9-/m1/s1. The maximum absolute atomic E-state index is 11.6. The number of carbonyl (C=O) groups is 2. The SMILES string of the molecule is C[C@@H](Nc1ccc(OC2CCCC2)c(Cl)c1)C(=O)NC(N)=O. The normalized spacial score (nSPS) is 16.1. The highest BCUT2D eigenvalue weighted by Crippen LogP contribution is 2.31. The second kappa shape index (κ2) is 7.35. The largest absolute Gasteiger partial charge is 0.489 e. The number of primary amides is 1. The lowest BCUT2D eigenvalue weighted by molar-refractivity contribution is -0.120. The molecule has 1 aliphatic carbocycles. The van der Waals surface area contributed by atoms with Crippen molar-refractivity contribution in [2.45, 2.75) is 44.8 Å².